The van der Waals surface area contributed by atoms with Crippen LogP contribution in [0.2, 0.25) is 0 Å². The van der Waals surface area contributed by atoms with Gasteiger partial charge in [-0.15, -0.1) is 0 Å². The van der Waals surface area contributed by atoms with Gasteiger partial charge in [0, 0.05) is 18.8 Å². The van der Waals surface area contributed by atoms with Crippen LogP contribution in [0.25, 0.3) is 6.08 Å². The Morgan fingerprint density at radius 3 is 2.50 bits per heavy atom. The number of hydrogen-bond donors (Lipinski definition) is 1. The Balaban J connectivity index is 1.76. The summed E-state index contributed by atoms with van der Waals surface area (Å²) >= 11 is 0. The molecule has 0 fully saturated rings. The molecule has 1 aliphatic rings. The van der Waals surface area contributed by atoms with Gasteiger partial charge < -0.3 is 0 Å². The highest BCUT2D eigenvalue weighted by atomic mass is 32.2. The third-order valence-electron chi connectivity index (χ3n) is 4.54. The van der Waals surface area contributed by atoms with E-state index < -0.39 is 20.0 Å². The lowest BCUT2D eigenvalue weighted by atomic mass is 10.0. The molecule has 6 nitrogen and oxygen atoms in total. The van der Waals surface area contributed by atoms with Gasteiger partial charge in [0.15, 0.2) is 0 Å². The van der Waals surface area contributed by atoms with Gasteiger partial charge in [-0.3, -0.25) is 4.72 Å². The molecule has 3 rings (SSSR count). The smallest absolute Gasteiger partial charge is 0.255 e. The van der Waals surface area contributed by atoms with Gasteiger partial charge in [0.1, 0.15) is 0 Å². The van der Waals surface area contributed by atoms with E-state index in [0.717, 1.165) is 22.1 Å². The standard InChI is InChI=1S/C20H24N2O4S2/c1-2-13-28(25,26)22-12-10-18-8-9-20(15-19(18)16-22)21-27(23,24)14-11-17-6-4-3-5-7-17/h3-9,11,14-15,21H,2,10,12-13,16H2,1H3/b14-11+. The second-order valence-corrected chi connectivity index (χ2v) is 10.4. The topological polar surface area (TPSA) is 83.6 Å². The molecule has 2 aromatic carbocycles. The summed E-state index contributed by atoms with van der Waals surface area (Å²) in [6.45, 7) is 2.57. The monoisotopic (exact) mass is 420 g/mol. The summed E-state index contributed by atoms with van der Waals surface area (Å²) in [6.07, 6.45) is 2.72. The minimum absolute atomic E-state index is 0.124. The molecule has 0 aliphatic carbocycles. The van der Waals surface area contributed by atoms with Crippen LogP contribution in [0.3, 0.4) is 0 Å². The van der Waals surface area contributed by atoms with Gasteiger partial charge in [-0.2, -0.15) is 4.31 Å². The molecule has 0 aromatic heterocycles. The van der Waals surface area contributed by atoms with Crippen molar-refractivity contribution in [2.75, 3.05) is 17.0 Å². The molecular weight excluding hydrogens is 396 g/mol. The van der Waals surface area contributed by atoms with Crippen molar-refractivity contribution in [3.8, 4) is 0 Å². The Bertz CT molecular complexity index is 1060. The zero-order chi connectivity index (χ0) is 20.2. The lowest BCUT2D eigenvalue weighted by Crippen LogP contribution is -2.37. The van der Waals surface area contributed by atoms with Crippen molar-refractivity contribution in [3.05, 3.63) is 70.6 Å². The Kier molecular flexibility index (Phi) is 6.22. The number of rotatable bonds is 7. The zero-order valence-electron chi connectivity index (χ0n) is 15.7. The largest absolute Gasteiger partial charge is 0.280 e. The maximum absolute atomic E-state index is 12.3. The van der Waals surface area contributed by atoms with Crippen molar-refractivity contribution in [2.45, 2.75) is 26.3 Å². The number of benzene rings is 2. The first-order valence-corrected chi connectivity index (χ1v) is 12.3. The highest BCUT2D eigenvalue weighted by molar-refractivity contribution is 7.95. The van der Waals surface area contributed by atoms with Crippen LogP contribution in [0.4, 0.5) is 5.69 Å². The Labute approximate surface area is 167 Å². The maximum atomic E-state index is 12.3. The van der Waals surface area contributed by atoms with Crippen molar-refractivity contribution in [1.29, 1.82) is 0 Å². The molecule has 0 spiro atoms. The number of sulfonamides is 2. The van der Waals surface area contributed by atoms with E-state index in [1.165, 1.54) is 10.4 Å². The molecular formula is C20H24N2O4S2. The van der Waals surface area contributed by atoms with Crippen LogP contribution >= 0.6 is 0 Å². The zero-order valence-corrected chi connectivity index (χ0v) is 17.3. The van der Waals surface area contributed by atoms with Crippen LogP contribution in [0.1, 0.15) is 30.0 Å². The first-order chi connectivity index (χ1) is 13.3. The van der Waals surface area contributed by atoms with E-state index in [9.17, 15) is 16.8 Å². The highest BCUT2D eigenvalue weighted by Crippen LogP contribution is 2.25. The lowest BCUT2D eigenvalue weighted by molar-refractivity contribution is 0.391. The number of nitrogens with zero attached hydrogens (tertiary/aromatic N) is 1. The summed E-state index contributed by atoms with van der Waals surface area (Å²) in [4.78, 5) is 0. The molecule has 0 saturated carbocycles. The first kappa shape index (κ1) is 20.6. The summed E-state index contributed by atoms with van der Waals surface area (Å²) in [5, 5.41) is 1.12. The van der Waals surface area contributed by atoms with Crippen LogP contribution in [0, 0.1) is 0 Å². The third kappa shape index (κ3) is 5.21. The molecule has 0 radical (unpaired) electrons. The minimum Gasteiger partial charge on any atom is -0.280 e. The van der Waals surface area contributed by atoms with Gasteiger partial charge in [0.2, 0.25) is 10.0 Å². The molecule has 150 valence electrons. The molecule has 28 heavy (non-hydrogen) atoms. The van der Waals surface area contributed by atoms with Crippen LogP contribution in [0.15, 0.2) is 53.9 Å². The van der Waals surface area contributed by atoms with E-state index in [2.05, 4.69) is 4.72 Å². The predicted molar refractivity (Wildman–Crippen MR) is 113 cm³/mol. The summed E-state index contributed by atoms with van der Waals surface area (Å²) in [5.74, 6) is 0.124. The van der Waals surface area contributed by atoms with Gasteiger partial charge in [0.05, 0.1) is 11.2 Å². The molecule has 2 aromatic rings. The molecule has 0 saturated heterocycles. The van der Waals surface area contributed by atoms with Crippen LogP contribution in [-0.2, 0) is 33.0 Å². The minimum atomic E-state index is -3.67. The van der Waals surface area contributed by atoms with Crippen LogP contribution in [-0.4, -0.2) is 33.4 Å². The Hall–Kier alpha value is -2.16. The van der Waals surface area contributed by atoms with Gasteiger partial charge in [-0.25, -0.2) is 16.8 Å². The molecule has 0 atom stereocenters. The normalized spacial score (nSPS) is 15.5. The van der Waals surface area contributed by atoms with Gasteiger partial charge in [-0.1, -0.05) is 43.3 Å². The van der Waals surface area contributed by atoms with Gasteiger partial charge in [-0.05, 0) is 47.7 Å². The van der Waals surface area contributed by atoms with Gasteiger partial charge >= 0.3 is 0 Å². The molecule has 0 unspecified atom stereocenters. The van der Waals surface area contributed by atoms with Crippen molar-refractivity contribution >= 4 is 31.8 Å². The Morgan fingerprint density at radius 2 is 1.79 bits per heavy atom. The van der Waals surface area contributed by atoms with E-state index in [4.69, 9.17) is 0 Å². The van der Waals surface area contributed by atoms with Crippen molar-refractivity contribution in [3.63, 3.8) is 0 Å². The fourth-order valence-electron chi connectivity index (χ4n) is 3.15. The average molecular weight is 421 g/mol. The fourth-order valence-corrected chi connectivity index (χ4v) is 5.49. The second kappa shape index (κ2) is 8.46. The third-order valence-corrected chi connectivity index (χ3v) is 7.58. The number of hydrogen-bond acceptors (Lipinski definition) is 4. The second-order valence-electron chi connectivity index (χ2n) is 6.74. The number of fused-ring (bicyclic) bond motifs is 1. The summed E-state index contributed by atoms with van der Waals surface area (Å²) in [5.41, 5.74) is 3.09. The summed E-state index contributed by atoms with van der Waals surface area (Å²) in [7, 11) is -6.95. The highest BCUT2D eigenvalue weighted by Gasteiger charge is 2.26. The van der Waals surface area contributed by atoms with E-state index >= 15 is 0 Å². The molecule has 1 aliphatic heterocycles. The molecule has 0 bridgehead atoms. The van der Waals surface area contributed by atoms with E-state index in [1.54, 1.807) is 12.1 Å². The first-order valence-electron chi connectivity index (χ1n) is 9.15. The van der Waals surface area contributed by atoms with Crippen LogP contribution < -0.4 is 4.72 Å². The Morgan fingerprint density at radius 1 is 1.04 bits per heavy atom. The van der Waals surface area contributed by atoms with Crippen molar-refractivity contribution in [1.82, 2.24) is 4.31 Å². The van der Waals surface area contributed by atoms with E-state index in [0.29, 0.717) is 25.1 Å². The molecule has 8 heteroatoms. The molecule has 0 amide bonds. The maximum Gasteiger partial charge on any atom is 0.255 e. The quantitative estimate of drug-likeness (QED) is 0.746. The van der Waals surface area contributed by atoms with Crippen molar-refractivity contribution in [2.24, 2.45) is 0 Å². The molecule has 1 N–H and O–H groups in total. The molecule has 1 heterocycles. The van der Waals surface area contributed by atoms with E-state index in [-0.39, 0.29) is 12.3 Å². The van der Waals surface area contributed by atoms with Gasteiger partial charge in [0.25, 0.3) is 10.0 Å². The predicted octanol–water partition coefficient (Wildman–Crippen LogP) is 3.20. The fraction of sp³-hybridized carbons (Fsp3) is 0.300. The van der Waals surface area contributed by atoms with E-state index in [1.807, 2.05) is 43.3 Å². The van der Waals surface area contributed by atoms with Crippen LogP contribution in [0.5, 0.6) is 0 Å². The SMILES string of the molecule is CCCS(=O)(=O)N1CCc2ccc(NS(=O)(=O)/C=C/c3ccccc3)cc2C1. The summed E-state index contributed by atoms with van der Waals surface area (Å²) in [6, 6.07) is 14.5. The average Bonchev–Trinajstić information content (AvgIpc) is 2.66. The lowest BCUT2D eigenvalue weighted by Gasteiger charge is -2.28. The number of nitrogens with one attached hydrogen (secondary N) is 1. The van der Waals surface area contributed by atoms with Crippen molar-refractivity contribution < 1.29 is 16.8 Å². The number of anilines is 1. The summed E-state index contributed by atoms with van der Waals surface area (Å²) < 4.78 is 53.4.